The lowest BCUT2D eigenvalue weighted by atomic mass is 10.2. The van der Waals surface area contributed by atoms with Crippen molar-refractivity contribution in [1.29, 1.82) is 0 Å². The number of amides is 2. The van der Waals surface area contributed by atoms with Gasteiger partial charge in [0.25, 0.3) is 0 Å². The zero-order valence-electron chi connectivity index (χ0n) is 16.0. The van der Waals surface area contributed by atoms with Gasteiger partial charge in [-0.1, -0.05) is 29.3 Å². The van der Waals surface area contributed by atoms with Gasteiger partial charge < -0.3 is 19.7 Å². The molecule has 1 N–H and O–H groups in total. The maximum Gasteiger partial charge on any atom is 0.387 e. The molecule has 0 saturated heterocycles. The first kappa shape index (κ1) is 23.4. The predicted molar refractivity (Wildman–Crippen MR) is 111 cm³/mol. The summed E-state index contributed by atoms with van der Waals surface area (Å²) in [6, 6.07) is 8.87. The maximum atomic E-state index is 12.4. The molecule has 0 bridgehead atoms. The fourth-order valence-electron chi connectivity index (χ4n) is 2.34. The van der Waals surface area contributed by atoms with Gasteiger partial charge in [-0.2, -0.15) is 8.78 Å². The van der Waals surface area contributed by atoms with E-state index in [1.807, 2.05) is 0 Å². The number of anilines is 1. The Kier molecular flexibility index (Phi) is 8.44. The van der Waals surface area contributed by atoms with E-state index in [-0.39, 0.29) is 18.0 Å². The normalized spacial score (nSPS) is 10.9. The van der Waals surface area contributed by atoms with E-state index in [1.165, 1.54) is 55.5 Å². The summed E-state index contributed by atoms with van der Waals surface area (Å²) in [5.41, 5.74) is 0.972. The molecule has 2 amide bonds. The molecule has 0 aliphatic carbocycles. The van der Waals surface area contributed by atoms with Crippen LogP contribution in [-0.4, -0.2) is 44.0 Å². The number of carbonyl (C=O) groups is 2. The van der Waals surface area contributed by atoms with E-state index in [2.05, 4.69) is 10.1 Å². The largest absolute Gasteiger partial charge is 0.493 e. The number of likely N-dealkylation sites (N-methyl/N-ethyl adjacent to an activating group) is 1. The van der Waals surface area contributed by atoms with Gasteiger partial charge in [0.05, 0.1) is 23.7 Å². The van der Waals surface area contributed by atoms with E-state index in [4.69, 9.17) is 27.9 Å². The molecule has 2 rings (SSSR count). The fraction of sp³-hybridized carbons (Fsp3) is 0.200. The molecule has 0 aliphatic heterocycles. The molecule has 0 aliphatic rings. The van der Waals surface area contributed by atoms with Crippen LogP contribution in [0.2, 0.25) is 10.0 Å². The third-order valence-electron chi connectivity index (χ3n) is 3.78. The number of alkyl halides is 2. The summed E-state index contributed by atoms with van der Waals surface area (Å²) in [6.07, 6.45) is 2.71. The van der Waals surface area contributed by atoms with E-state index in [0.717, 1.165) is 0 Å². The smallest absolute Gasteiger partial charge is 0.387 e. The Morgan fingerprint density at radius 2 is 1.87 bits per heavy atom. The average Bonchev–Trinajstić information content (AvgIpc) is 2.69. The standard InChI is InChI=1S/C20H18Cl2F2N2O4/c1-26(11-18(27)25-13-5-6-14(21)15(22)10-13)19(28)8-4-12-3-7-16(30-20(23)24)17(9-12)29-2/h3-10,20H,11H2,1-2H3,(H,25,27)/b8-4+. The Hall–Kier alpha value is -2.84. The summed E-state index contributed by atoms with van der Waals surface area (Å²) >= 11 is 11.7. The van der Waals surface area contributed by atoms with Crippen molar-refractivity contribution in [3.8, 4) is 11.5 Å². The van der Waals surface area contributed by atoms with Crippen LogP contribution in [0.15, 0.2) is 42.5 Å². The topological polar surface area (TPSA) is 67.9 Å². The van der Waals surface area contributed by atoms with Crippen molar-refractivity contribution in [2.75, 3.05) is 26.0 Å². The molecule has 160 valence electrons. The highest BCUT2D eigenvalue weighted by molar-refractivity contribution is 6.42. The molecule has 0 fully saturated rings. The second-order valence-corrected chi connectivity index (χ2v) is 6.81. The van der Waals surface area contributed by atoms with Crippen LogP contribution in [-0.2, 0) is 9.59 Å². The molecule has 0 atom stereocenters. The SMILES string of the molecule is COc1cc(/C=C/C(=O)N(C)CC(=O)Nc2ccc(Cl)c(Cl)c2)ccc1OC(F)F. The molecule has 2 aromatic rings. The number of rotatable bonds is 8. The first-order valence-electron chi connectivity index (χ1n) is 8.50. The Morgan fingerprint density at radius 3 is 2.50 bits per heavy atom. The van der Waals surface area contributed by atoms with Gasteiger partial charge >= 0.3 is 6.61 Å². The van der Waals surface area contributed by atoms with Crippen LogP contribution >= 0.6 is 23.2 Å². The molecule has 0 spiro atoms. The molecule has 2 aromatic carbocycles. The van der Waals surface area contributed by atoms with Crippen molar-refractivity contribution in [2.24, 2.45) is 0 Å². The second kappa shape index (κ2) is 10.8. The zero-order valence-corrected chi connectivity index (χ0v) is 17.5. The number of benzene rings is 2. The lowest BCUT2D eigenvalue weighted by molar-refractivity contribution is -0.129. The maximum absolute atomic E-state index is 12.4. The highest BCUT2D eigenvalue weighted by Crippen LogP contribution is 2.30. The number of hydrogen-bond donors (Lipinski definition) is 1. The van der Waals surface area contributed by atoms with Crippen LogP contribution in [0, 0.1) is 0 Å². The summed E-state index contributed by atoms with van der Waals surface area (Å²) in [5.74, 6) is -0.884. The molecular formula is C20H18Cl2F2N2O4. The van der Waals surface area contributed by atoms with Crippen LogP contribution < -0.4 is 14.8 Å². The van der Waals surface area contributed by atoms with Gasteiger partial charge in [0.2, 0.25) is 11.8 Å². The van der Waals surface area contributed by atoms with Crippen LogP contribution in [0.1, 0.15) is 5.56 Å². The first-order valence-corrected chi connectivity index (χ1v) is 9.26. The number of ether oxygens (including phenoxy) is 2. The van der Waals surface area contributed by atoms with Gasteiger partial charge in [0.1, 0.15) is 0 Å². The molecule has 0 unspecified atom stereocenters. The number of nitrogens with zero attached hydrogens (tertiary/aromatic N) is 1. The number of methoxy groups -OCH3 is 1. The van der Waals surface area contributed by atoms with Gasteiger partial charge in [0.15, 0.2) is 11.5 Å². The number of halogens is 4. The minimum Gasteiger partial charge on any atom is -0.493 e. The monoisotopic (exact) mass is 458 g/mol. The highest BCUT2D eigenvalue weighted by atomic mass is 35.5. The predicted octanol–water partition coefficient (Wildman–Crippen LogP) is 4.71. The van der Waals surface area contributed by atoms with Gasteiger partial charge in [-0.15, -0.1) is 0 Å². The highest BCUT2D eigenvalue weighted by Gasteiger charge is 2.13. The molecule has 0 radical (unpaired) electrons. The van der Waals surface area contributed by atoms with Gasteiger partial charge in [-0.3, -0.25) is 9.59 Å². The van der Waals surface area contributed by atoms with E-state index < -0.39 is 18.4 Å². The van der Waals surface area contributed by atoms with Crippen molar-refractivity contribution in [2.45, 2.75) is 6.61 Å². The van der Waals surface area contributed by atoms with E-state index in [0.29, 0.717) is 21.3 Å². The van der Waals surface area contributed by atoms with Crippen molar-refractivity contribution in [3.63, 3.8) is 0 Å². The summed E-state index contributed by atoms with van der Waals surface area (Å²) in [5, 5.41) is 3.27. The quantitative estimate of drug-likeness (QED) is 0.581. The lowest BCUT2D eigenvalue weighted by Crippen LogP contribution is -2.33. The van der Waals surface area contributed by atoms with E-state index >= 15 is 0 Å². The Morgan fingerprint density at radius 1 is 1.13 bits per heavy atom. The van der Waals surface area contributed by atoms with Gasteiger partial charge in [0, 0.05) is 18.8 Å². The molecule has 0 heterocycles. The Bertz CT molecular complexity index is 954. The van der Waals surface area contributed by atoms with E-state index in [9.17, 15) is 18.4 Å². The average molecular weight is 459 g/mol. The minimum absolute atomic E-state index is 0.0965. The van der Waals surface area contributed by atoms with Crippen LogP contribution in [0.5, 0.6) is 11.5 Å². The van der Waals surface area contributed by atoms with Crippen LogP contribution in [0.25, 0.3) is 6.08 Å². The third-order valence-corrected chi connectivity index (χ3v) is 4.52. The van der Waals surface area contributed by atoms with E-state index in [1.54, 1.807) is 12.1 Å². The Balaban J connectivity index is 1.96. The Labute approximate surface area is 182 Å². The summed E-state index contributed by atoms with van der Waals surface area (Å²) in [7, 11) is 2.77. The van der Waals surface area contributed by atoms with Crippen LogP contribution in [0.4, 0.5) is 14.5 Å². The first-order chi connectivity index (χ1) is 14.2. The lowest BCUT2D eigenvalue weighted by Gasteiger charge is -2.15. The molecule has 30 heavy (non-hydrogen) atoms. The van der Waals surface area contributed by atoms with Gasteiger partial charge in [-0.05, 0) is 42.0 Å². The van der Waals surface area contributed by atoms with Crippen molar-refractivity contribution in [3.05, 3.63) is 58.1 Å². The third kappa shape index (κ3) is 6.89. The fourth-order valence-corrected chi connectivity index (χ4v) is 2.64. The summed E-state index contributed by atoms with van der Waals surface area (Å²) in [4.78, 5) is 25.5. The van der Waals surface area contributed by atoms with Crippen LogP contribution in [0.3, 0.4) is 0 Å². The number of hydrogen-bond acceptors (Lipinski definition) is 4. The van der Waals surface area contributed by atoms with Gasteiger partial charge in [-0.25, -0.2) is 0 Å². The number of nitrogens with one attached hydrogen (secondary N) is 1. The number of carbonyl (C=O) groups excluding carboxylic acids is 2. The minimum atomic E-state index is -2.98. The molecular weight excluding hydrogens is 441 g/mol. The summed E-state index contributed by atoms with van der Waals surface area (Å²) < 4.78 is 34.1. The zero-order chi connectivity index (χ0) is 22.3. The molecule has 0 saturated carbocycles. The summed E-state index contributed by atoms with van der Waals surface area (Å²) in [6.45, 7) is -3.18. The molecule has 6 nitrogen and oxygen atoms in total. The van der Waals surface area contributed by atoms with Crippen molar-refractivity contribution < 1.29 is 27.8 Å². The second-order valence-electron chi connectivity index (χ2n) is 5.99. The van der Waals surface area contributed by atoms with Crippen molar-refractivity contribution >= 4 is 46.8 Å². The molecule has 10 heteroatoms. The van der Waals surface area contributed by atoms with Crippen molar-refractivity contribution in [1.82, 2.24) is 4.90 Å². The molecule has 0 aromatic heterocycles.